The highest BCUT2D eigenvalue weighted by molar-refractivity contribution is 6.31. The number of nitrogens with one attached hydrogen (secondary N) is 1. The van der Waals surface area contributed by atoms with E-state index < -0.39 is 0 Å². The van der Waals surface area contributed by atoms with Gasteiger partial charge in [0.25, 0.3) is 0 Å². The number of hydrogen-bond donors (Lipinski definition) is 1. The van der Waals surface area contributed by atoms with E-state index in [1.807, 2.05) is 19.1 Å². The largest absolute Gasteiger partial charge is 0.314 e. The first kappa shape index (κ1) is 20.4. The Hall–Kier alpha value is -0.610. The predicted molar refractivity (Wildman–Crippen MR) is 99.2 cm³/mol. The van der Waals surface area contributed by atoms with Crippen molar-refractivity contribution in [3.63, 3.8) is 0 Å². The van der Waals surface area contributed by atoms with E-state index in [1.54, 1.807) is 6.07 Å². The van der Waals surface area contributed by atoms with Crippen molar-refractivity contribution in [2.24, 2.45) is 0 Å². The normalized spacial score (nSPS) is 16.7. The molecular formula is C18H27Cl2FN2. The molecule has 1 aromatic rings. The minimum Gasteiger partial charge on any atom is -0.314 e. The van der Waals surface area contributed by atoms with E-state index in [2.05, 4.69) is 16.8 Å². The SMILES string of the molecule is C=CCCCC[C@@H](c1c(Cl)ccc(C)c1F)N1CCNCC1.Cl. The number of rotatable bonds is 7. The number of nitrogens with zero attached hydrogens (tertiary/aromatic N) is 1. The molecule has 0 unspecified atom stereocenters. The Bertz CT molecular complexity index is 502. The topological polar surface area (TPSA) is 15.3 Å². The molecule has 0 bridgehead atoms. The summed E-state index contributed by atoms with van der Waals surface area (Å²) in [6, 6.07) is 3.65. The molecule has 1 aliphatic heterocycles. The Morgan fingerprint density at radius 2 is 2.04 bits per heavy atom. The van der Waals surface area contributed by atoms with Gasteiger partial charge in [0.15, 0.2) is 0 Å². The standard InChI is InChI=1S/C18H26ClFN2.ClH/c1-3-4-5-6-7-16(22-12-10-21-11-13-22)17-15(19)9-8-14(2)18(17)20;/h3,8-9,16,21H,1,4-7,10-13H2,2H3;1H/t16-;/m0./s1. The van der Waals surface area contributed by atoms with Gasteiger partial charge in [-0.3, -0.25) is 4.90 Å². The third-order valence-electron chi connectivity index (χ3n) is 4.38. The third kappa shape index (κ3) is 5.46. The average molecular weight is 361 g/mol. The van der Waals surface area contributed by atoms with Crippen molar-refractivity contribution in [3.8, 4) is 0 Å². The molecule has 2 nitrogen and oxygen atoms in total. The van der Waals surface area contributed by atoms with Gasteiger partial charge in [-0.25, -0.2) is 4.39 Å². The first-order valence-corrected chi connectivity index (χ1v) is 8.53. The Morgan fingerprint density at radius 1 is 1.35 bits per heavy atom. The van der Waals surface area contributed by atoms with E-state index in [-0.39, 0.29) is 24.3 Å². The van der Waals surface area contributed by atoms with E-state index in [1.165, 1.54) is 0 Å². The lowest BCUT2D eigenvalue weighted by Crippen LogP contribution is -2.45. The molecule has 1 saturated heterocycles. The van der Waals surface area contributed by atoms with Gasteiger partial charge in [0, 0.05) is 42.8 Å². The number of aryl methyl sites for hydroxylation is 1. The van der Waals surface area contributed by atoms with Crippen LogP contribution in [0.2, 0.25) is 5.02 Å². The van der Waals surface area contributed by atoms with Crippen LogP contribution >= 0.6 is 24.0 Å². The van der Waals surface area contributed by atoms with Crippen LogP contribution in [0, 0.1) is 12.7 Å². The van der Waals surface area contributed by atoms with Gasteiger partial charge in [-0.15, -0.1) is 19.0 Å². The van der Waals surface area contributed by atoms with Gasteiger partial charge < -0.3 is 5.32 Å². The predicted octanol–water partition coefficient (Wildman–Crippen LogP) is 4.90. The number of piperazine rings is 1. The lowest BCUT2D eigenvalue weighted by molar-refractivity contribution is 0.159. The molecule has 1 aromatic carbocycles. The second-order valence-electron chi connectivity index (χ2n) is 5.97. The second kappa shape index (κ2) is 10.3. The molecule has 0 radical (unpaired) electrons. The molecule has 0 spiro atoms. The highest BCUT2D eigenvalue weighted by atomic mass is 35.5. The summed E-state index contributed by atoms with van der Waals surface area (Å²) >= 11 is 6.36. The monoisotopic (exact) mass is 360 g/mol. The molecule has 0 aliphatic carbocycles. The fourth-order valence-electron chi connectivity index (χ4n) is 3.11. The molecule has 5 heteroatoms. The quantitative estimate of drug-likeness (QED) is 0.549. The summed E-state index contributed by atoms with van der Waals surface area (Å²) in [5.74, 6) is -0.139. The third-order valence-corrected chi connectivity index (χ3v) is 4.71. The van der Waals surface area contributed by atoms with Gasteiger partial charge in [0.1, 0.15) is 5.82 Å². The highest BCUT2D eigenvalue weighted by Crippen LogP contribution is 2.35. The zero-order valence-electron chi connectivity index (χ0n) is 13.8. The molecule has 1 heterocycles. The molecular weight excluding hydrogens is 334 g/mol. The van der Waals surface area contributed by atoms with Crippen LogP contribution in [0.1, 0.15) is 42.9 Å². The van der Waals surface area contributed by atoms with E-state index >= 15 is 0 Å². The second-order valence-corrected chi connectivity index (χ2v) is 6.37. The Labute approximate surface area is 150 Å². The van der Waals surface area contributed by atoms with Crippen LogP contribution in [0.25, 0.3) is 0 Å². The van der Waals surface area contributed by atoms with Crippen molar-refractivity contribution in [1.82, 2.24) is 10.2 Å². The van der Waals surface area contributed by atoms with Crippen molar-refractivity contribution in [3.05, 3.63) is 46.8 Å². The maximum atomic E-state index is 14.7. The first-order valence-electron chi connectivity index (χ1n) is 8.15. The maximum Gasteiger partial charge on any atom is 0.132 e. The molecule has 1 aliphatic rings. The molecule has 1 N–H and O–H groups in total. The van der Waals surface area contributed by atoms with E-state index in [0.717, 1.165) is 51.9 Å². The van der Waals surface area contributed by atoms with Crippen LogP contribution in [0.15, 0.2) is 24.8 Å². The smallest absolute Gasteiger partial charge is 0.132 e. The van der Waals surface area contributed by atoms with Crippen LogP contribution in [-0.2, 0) is 0 Å². The molecule has 0 amide bonds. The molecule has 1 atom stereocenters. The molecule has 0 aromatic heterocycles. The lowest BCUT2D eigenvalue weighted by Gasteiger charge is -2.36. The highest BCUT2D eigenvalue weighted by Gasteiger charge is 2.27. The van der Waals surface area contributed by atoms with Crippen molar-refractivity contribution < 1.29 is 4.39 Å². The van der Waals surface area contributed by atoms with Crippen molar-refractivity contribution in [2.75, 3.05) is 26.2 Å². The van der Waals surface area contributed by atoms with Gasteiger partial charge in [-0.1, -0.05) is 30.2 Å². The van der Waals surface area contributed by atoms with Gasteiger partial charge >= 0.3 is 0 Å². The summed E-state index contributed by atoms with van der Waals surface area (Å²) in [5.41, 5.74) is 1.35. The maximum absolute atomic E-state index is 14.7. The van der Waals surface area contributed by atoms with Gasteiger partial charge in [0.05, 0.1) is 0 Å². The summed E-state index contributed by atoms with van der Waals surface area (Å²) < 4.78 is 14.7. The molecule has 1 fully saturated rings. The van der Waals surface area contributed by atoms with Crippen LogP contribution in [-0.4, -0.2) is 31.1 Å². The van der Waals surface area contributed by atoms with Crippen LogP contribution in [0.5, 0.6) is 0 Å². The molecule has 2 rings (SSSR count). The fourth-order valence-corrected chi connectivity index (χ4v) is 3.39. The Kier molecular flexibility index (Phi) is 9.15. The Morgan fingerprint density at radius 3 is 2.70 bits per heavy atom. The van der Waals surface area contributed by atoms with Gasteiger partial charge in [-0.2, -0.15) is 0 Å². The summed E-state index contributed by atoms with van der Waals surface area (Å²) in [6.45, 7) is 9.36. The average Bonchev–Trinajstić information content (AvgIpc) is 2.54. The van der Waals surface area contributed by atoms with Crippen LogP contribution < -0.4 is 5.32 Å². The number of hydrogen-bond acceptors (Lipinski definition) is 2. The Balaban J connectivity index is 0.00000264. The number of benzene rings is 1. The zero-order valence-corrected chi connectivity index (χ0v) is 15.4. The van der Waals surface area contributed by atoms with Crippen molar-refractivity contribution in [1.29, 1.82) is 0 Å². The number of allylic oxidation sites excluding steroid dienone is 1. The summed E-state index contributed by atoms with van der Waals surface area (Å²) in [6.07, 6.45) is 6.05. The van der Waals surface area contributed by atoms with Gasteiger partial charge in [-0.05, 0) is 37.8 Å². The van der Waals surface area contributed by atoms with Crippen molar-refractivity contribution >= 4 is 24.0 Å². The van der Waals surface area contributed by atoms with Crippen LogP contribution in [0.3, 0.4) is 0 Å². The minimum absolute atomic E-state index is 0. The molecule has 23 heavy (non-hydrogen) atoms. The van der Waals surface area contributed by atoms with Crippen LogP contribution in [0.4, 0.5) is 4.39 Å². The van der Waals surface area contributed by atoms with Gasteiger partial charge in [0.2, 0.25) is 0 Å². The first-order chi connectivity index (χ1) is 10.6. The lowest BCUT2D eigenvalue weighted by atomic mass is 9.96. The summed E-state index contributed by atoms with van der Waals surface area (Å²) in [4.78, 5) is 2.37. The van der Waals surface area contributed by atoms with Crippen molar-refractivity contribution in [2.45, 2.75) is 38.6 Å². The molecule has 0 saturated carbocycles. The number of halogens is 3. The fraction of sp³-hybridized carbons (Fsp3) is 0.556. The summed E-state index contributed by atoms with van der Waals surface area (Å²) in [5, 5.41) is 3.91. The zero-order chi connectivity index (χ0) is 15.9. The summed E-state index contributed by atoms with van der Waals surface area (Å²) in [7, 11) is 0. The van der Waals surface area contributed by atoms with E-state index in [9.17, 15) is 4.39 Å². The van der Waals surface area contributed by atoms with E-state index in [0.29, 0.717) is 16.1 Å². The van der Waals surface area contributed by atoms with E-state index in [4.69, 9.17) is 11.6 Å². The molecule has 130 valence electrons. The minimum atomic E-state index is -0.139. The number of unbranched alkanes of at least 4 members (excludes halogenated alkanes) is 2.